The van der Waals surface area contributed by atoms with E-state index in [1.54, 1.807) is 0 Å². The van der Waals surface area contributed by atoms with Gasteiger partial charge >= 0.3 is 0 Å². The highest BCUT2D eigenvalue weighted by molar-refractivity contribution is 5.89. The number of anilines is 1. The third-order valence-corrected chi connectivity index (χ3v) is 8.17. The van der Waals surface area contributed by atoms with Gasteiger partial charge in [0.25, 0.3) is 0 Å². The van der Waals surface area contributed by atoms with Gasteiger partial charge in [-0.25, -0.2) is 18.2 Å². The van der Waals surface area contributed by atoms with Gasteiger partial charge in [-0.1, -0.05) is 50.6 Å². The van der Waals surface area contributed by atoms with Crippen molar-refractivity contribution in [2.75, 3.05) is 24.8 Å². The van der Waals surface area contributed by atoms with Crippen LogP contribution in [0.2, 0.25) is 0 Å². The first kappa shape index (κ1) is 31.1. The van der Waals surface area contributed by atoms with E-state index in [-0.39, 0.29) is 50.5 Å². The van der Waals surface area contributed by atoms with Crippen LogP contribution in [0.25, 0.3) is 0 Å². The van der Waals surface area contributed by atoms with Crippen LogP contribution >= 0.6 is 0 Å². The fourth-order valence-corrected chi connectivity index (χ4v) is 5.80. The molecule has 0 aromatic heterocycles. The van der Waals surface area contributed by atoms with Crippen LogP contribution in [0.5, 0.6) is 0 Å². The van der Waals surface area contributed by atoms with E-state index in [4.69, 9.17) is 4.74 Å². The largest absolute Gasteiger partial charge is 0.378 e. The summed E-state index contributed by atoms with van der Waals surface area (Å²) in [5.41, 5.74) is 3.25. The third kappa shape index (κ3) is 7.92. The fraction of sp³-hybridized carbons (Fsp3) is 0.545. The smallest absolute Gasteiger partial charge is 0.248 e. The van der Waals surface area contributed by atoms with Gasteiger partial charge in [-0.05, 0) is 73.4 Å². The van der Waals surface area contributed by atoms with Gasteiger partial charge in [0, 0.05) is 26.9 Å². The standard InChI is InChI=1S/C33H44F3N3O2.H2/c1-6-7-29-22-41-19-18-38(29)39(28-12-10-25(11-13-28)32(3,4)5)30(24-9-8-23(2)20-26(34)21-24)31(40)37-27-14-16-33(35,36)17-15-27;/h6,8,10-13,20-21,27,29-30H,1,7,9,14-19,22H2,2-5H3,(H,37,40);1H. The second-order valence-corrected chi connectivity index (χ2v) is 12.5. The first-order valence-corrected chi connectivity index (χ1v) is 14.7. The topological polar surface area (TPSA) is 44.8 Å². The highest BCUT2D eigenvalue weighted by Crippen LogP contribution is 2.35. The SMILES string of the molecule is C=CCC1COCCN1N(c1ccc(C(C)(C)C)cc1)C(C(=O)NC1CCC(F)(F)CC1)C1=CC(F)=CC(C)=CC1.[HH]. The van der Waals surface area contributed by atoms with Crippen molar-refractivity contribution in [1.82, 2.24) is 10.3 Å². The maximum absolute atomic E-state index is 15.1. The van der Waals surface area contributed by atoms with Gasteiger partial charge in [-0.15, -0.1) is 6.58 Å². The first-order valence-electron chi connectivity index (χ1n) is 14.7. The summed E-state index contributed by atoms with van der Waals surface area (Å²) in [6.07, 6.45) is 7.57. The molecule has 1 heterocycles. The summed E-state index contributed by atoms with van der Waals surface area (Å²) in [7, 11) is 0. The monoisotopic (exact) mass is 573 g/mol. The van der Waals surface area contributed by atoms with Crippen molar-refractivity contribution in [2.45, 2.75) is 95.7 Å². The molecule has 1 aromatic carbocycles. The van der Waals surface area contributed by atoms with Gasteiger partial charge < -0.3 is 10.1 Å². The Hall–Kier alpha value is -2.84. The second kappa shape index (κ2) is 13.0. The second-order valence-electron chi connectivity index (χ2n) is 12.5. The number of halogens is 3. The number of allylic oxidation sites excluding steroid dienone is 5. The van der Waals surface area contributed by atoms with Crippen molar-refractivity contribution in [3.05, 3.63) is 77.7 Å². The maximum Gasteiger partial charge on any atom is 0.248 e. The van der Waals surface area contributed by atoms with Gasteiger partial charge in [0.15, 0.2) is 0 Å². The van der Waals surface area contributed by atoms with Crippen LogP contribution in [0.15, 0.2) is 72.1 Å². The lowest BCUT2D eigenvalue weighted by Gasteiger charge is -2.48. The minimum Gasteiger partial charge on any atom is -0.378 e. The summed E-state index contributed by atoms with van der Waals surface area (Å²) in [5.74, 6) is -3.45. The minimum atomic E-state index is -2.70. The molecule has 1 saturated heterocycles. The Labute approximate surface area is 244 Å². The normalized spacial score (nSPS) is 23.0. The number of nitrogens with zero attached hydrogens (tertiary/aromatic N) is 2. The van der Waals surface area contributed by atoms with E-state index < -0.39 is 17.8 Å². The molecule has 41 heavy (non-hydrogen) atoms. The molecule has 2 unspecified atom stereocenters. The van der Waals surface area contributed by atoms with E-state index in [9.17, 15) is 13.6 Å². The number of amides is 1. The highest BCUT2D eigenvalue weighted by atomic mass is 19.3. The fourth-order valence-electron chi connectivity index (χ4n) is 5.80. The molecule has 2 atom stereocenters. The summed E-state index contributed by atoms with van der Waals surface area (Å²) in [6.45, 7) is 13.7. The highest BCUT2D eigenvalue weighted by Gasteiger charge is 2.40. The molecule has 1 N–H and O–H groups in total. The van der Waals surface area contributed by atoms with Crippen LogP contribution in [-0.2, 0) is 14.9 Å². The number of benzene rings is 1. The van der Waals surface area contributed by atoms with Crippen molar-refractivity contribution in [3.8, 4) is 0 Å². The molecule has 1 saturated carbocycles. The molecule has 226 valence electrons. The van der Waals surface area contributed by atoms with Gasteiger partial charge in [0.1, 0.15) is 11.9 Å². The number of hydrogen-bond acceptors (Lipinski definition) is 4. The van der Waals surface area contributed by atoms with E-state index in [1.165, 1.54) is 12.2 Å². The van der Waals surface area contributed by atoms with E-state index >= 15 is 4.39 Å². The van der Waals surface area contributed by atoms with Crippen LogP contribution in [0.3, 0.4) is 0 Å². The molecule has 1 aromatic rings. The summed E-state index contributed by atoms with van der Waals surface area (Å²) in [5, 5.41) is 7.19. The van der Waals surface area contributed by atoms with Gasteiger partial charge in [-0.2, -0.15) is 0 Å². The Kier molecular flexibility index (Phi) is 9.85. The zero-order valence-corrected chi connectivity index (χ0v) is 24.8. The number of ether oxygens (including phenoxy) is 1. The van der Waals surface area contributed by atoms with Crippen LogP contribution in [0.1, 0.15) is 73.2 Å². The Bertz CT molecular complexity index is 1180. The van der Waals surface area contributed by atoms with Gasteiger partial charge in [-0.3, -0.25) is 9.80 Å². The molecule has 5 nitrogen and oxygen atoms in total. The van der Waals surface area contributed by atoms with Crippen molar-refractivity contribution in [3.63, 3.8) is 0 Å². The number of nitrogens with one attached hydrogen (secondary N) is 1. The predicted molar refractivity (Wildman–Crippen MR) is 161 cm³/mol. The average Bonchev–Trinajstić information content (AvgIpc) is 3.08. The molecule has 3 aliphatic rings. The minimum absolute atomic E-state index is 0. The maximum atomic E-state index is 15.1. The predicted octanol–water partition coefficient (Wildman–Crippen LogP) is 7.42. The lowest BCUT2D eigenvalue weighted by atomic mass is 9.87. The zero-order chi connectivity index (χ0) is 29.8. The van der Waals surface area contributed by atoms with Gasteiger partial charge in [0.05, 0.1) is 24.9 Å². The number of carbonyl (C=O) groups is 1. The van der Waals surface area contributed by atoms with Crippen molar-refractivity contribution < 1.29 is 24.1 Å². The Balaban J connectivity index is 0.00000484. The number of hydrogen-bond donors (Lipinski definition) is 1. The van der Waals surface area contributed by atoms with E-state index in [2.05, 4.69) is 49.8 Å². The number of carbonyl (C=O) groups excluding carboxylic acids is 1. The van der Waals surface area contributed by atoms with Crippen LogP contribution < -0.4 is 10.3 Å². The number of rotatable bonds is 8. The molecule has 0 radical (unpaired) electrons. The molecular weight excluding hydrogens is 527 g/mol. The van der Waals surface area contributed by atoms with Crippen molar-refractivity contribution >= 4 is 11.6 Å². The van der Waals surface area contributed by atoms with Crippen molar-refractivity contribution in [2.24, 2.45) is 0 Å². The summed E-state index contributed by atoms with van der Waals surface area (Å²) in [4.78, 5) is 14.3. The molecule has 4 rings (SSSR count). The molecule has 1 amide bonds. The van der Waals surface area contributed by atoms with Crippen LogP contribution in [-0.4, -0.2) is 54.7 Å². The summed E-state index contributed by atoms with van der Waals surface area (Å²) in [6, 6.07) is 6.79. The number of hydrazine groups is 1. The number of morpholine rings is 1. The quantitative estimate of drug-likeness (QED) is 0.329. The van der Waals surface area contributed by atoms with E-state index in [0.29, 0.717) is 38.2 Å². The third-order valence-electron chi connectivity index (χ3n) is 8.17. The molecule has 8 heteroatoms. The van der Waals surface area contributed by atoms with Crippen LogP contribution in [0, 0.1) is 0 Å². The van der Waals surface area contributed by atoms with Crippen molar-refractivity contribution in [1.29, 1.82) is 0 Å². The van der Waals surface area contributed by atoms with E-state index in [0.717, 1.165) is 16.8 Å². The molecule has 2 aliphatic carbocycles. The summed E-state index contributed by atoms with van der Waals surface area (Å²) < 4.78 is 48.7. The average molecular weight is 574 g/mol. The molecular formula is C33H46F3N3O2. The summed E-state index contributed by atoms with van der Waals surface area (Å²) >= 11 is 0. The Morgan fingerprint density at radius 3 is 2.56 bits per heavy atom. The molecule has 1 aliphatic heterocycles. The molecule has 0 spiro atoms. The van der Waals surface area contributed by atoms with E-state index in [1.807, 2.05) is 36.2 Å². The van der Waals surface area contributed by atoms with Gasteiger partial charge in [0.2, 0.25) is 11.8 Å². The Morgan fingerprint density at radius 2 is 1.93 bits per heavy atom. The van der Waals surface area contributed by atoms with Crippen LogP contribution in [0.4, 0.5) is 18.9 Å². The lowest BCUT2D eigenvalue weighted by Crippen LogP contribution is -2.62. The molecule has 0 bridgehead atoms. The zero-order valence-electron chi connectivity index (χ0n) is 24.8. The lowest BCUT2D eigenvalue weighted by molar-refractivity contribution is -0.125. The first-order chi connectivity index (χ1) is 19.4. The Morgan fingerprint density at radius 1 is 1.24 bits per heavy atom. The molecule has 2 fully saturated rings. The number of alkyl halides is 2.